The van der Waals surface area contributed by atoms with Gasteiger partial charge in [-0.2, -0.15) is 0 Å². The van der Waals surface area contributed by atoms with E-state index in [1.54, 1.807) is 0 Å². The summed E-state index contributed by atoms with van der Waals surface area (Å²) in [5.41, 5.74) is 0. The van der Waals surface area contributed by atoms with Crippen LogP contribution >= 0.6 is 0 Å². The van der Waals surface area contributed by atoms with Crippen molar-refractivity contribution >= 4 is 5.97 Å². The van der Waals surface area contributed by atoms with Crippen LogP contribution in [0.1, 0.15) is 104 Å². The highest BCUT2D eigenvalue weighted by atomic mass is 16.5. The average molecular weight is 311 g/mol. The first-order valence-electron chi connectivity index (χ1n) is 9.61. The summed E-state index contributed by atoms with van der Waals surface area (Å²) in [7, 11) is 0. The third-order valence-corrected chi connectivity index (χ3v) is 3.90. The second-order valence-corrected chi connectivity index (χ2v) is 6.20. The number of hydrogen-bond acceptors (Lipinski definition) is 2. The lowest BCUT2D eigenvalue weighted by Crippen LogP contribution is -2.05. The zero-order valence-corrected chi connectivity index (χ0v) is 15.1. The molecule has 0 aromatic carbocycles. The second-order valence-electron chi connectivity index (χ2n) is 6.20. The van der Waals surface area contributed by atoms with E-state index in [1.807, 2.05) is 0 Å². The molecule has 0 aliphatic carbocycles. The van der Waals surface area contributed by atoms with Crippen LogP contribution in [0.2, 0.25) is 0 Å². The molecule has 0 heterocycles. The molecule has 0 aliphatic heterocycles. The fourth-order valence-corrected chi connectivity index (χ4v) is 2.39. The molecule has 0 aliphatic rings. The summed E-state index contributed by atoms with van der Waals surface area (Å²) in [5, 5.41) is 0. The lowest BCUT2D eigenvalue weighted by molar-refractivity contribution is -0.143. The summed E-state index contributed by atoms with van der Waals surface area (Å²) in [6.07, 6.45) is 21.2. The first-order chi connectivity index (χ1) is 10.8. The van der Waals surface area contributed by atoms with Gasteiger partial charge in [-0.05, 0) is 38.5 Å². The smallest absolute Gasteiger partial charge is 0.305 e. The molecule has 0 radical (unpaired) electrons. The van der Waals surface area contributed by atoms with Gasteiger partial charge in [-0.1, -0.05) is 70.9 Å². The van der Waals surface area contributed by atoms with Crippen molar-refractivity contribution in [3.8, 4) is 0 Å². The Balaban J connectivity index is 3.16. The summed E-state index contributed by atoms with van der Waals surface area (Å²) in [5.74, 6) is -0.0144. The monoisotopic (exact) mass is 310 g/mol. The van der Waals surface area contributed by atoms with Crippen LogP contribution in [0.4, 0.5) is 0 Å². The molecular formula is C20H38O2. The van der Waals surface area contributed by atoms with Crippen molar-refractivity contribution in [3.05, 3.63) is 12.2 Å². The maximum atomic E-state index is 11.4. The van der Waals surface area contributed by atoms with Gasteiger partial charge in [0.25, 0.3) is 0 Å². The van der Waals surface area contributed by atoms with E-state index in [0.717, 1.165) is 25.7 Å². The third-order valence-electron chi connectivity index (χ3n) is 3.90. The lowest BCUT2D eigenvalue weighted by atomic mass is 10.1. The van der Waals surface area contributed by atoms with Gasteiger partial charge in [0.2, 0.25) is 0 Å². The summed E-state index contributed by atoms with van der Waals surface area (Å²) in [6.45, 7) is 4.96. The quantitative estimate of drug-likeness (QED) is 0.183. The van der Waals surface area contributed by atoms with Crippen molar-refractivity contribution in [1.82, 2.24) is 0 Å². The number of carbonyl (C=O) groups is 1. The third kappa shape index (κ3) is 17.3. The van der Waals surface area contributed by atoms with Crippen LogP contribution in [-0.4, -0.2) is 12.6 Å². The minimum atomic E-state index is -0.0144. The Hall–Kier alpha value is -0.790. The minimum Gasteiger partial charge on any atom is -0.466 e. The molecule has 22 heavy (non-hydrogen) atoms. The molecule has 0 unspecified atom stereocenters. The van der Waals surface area contributed by atoms with Crippen molar-refractivity contribution in [2.24, 2.45) is 0 Å². The number of unbranched alkanes of at least 4 members (excludes halogenated alkanes) is 10. The summed E-state index contributed by atoms with van der Waals surface area (Å²) >= 11 is 0. The Kier molecular flexibility index (Phi) is 17.6. The van der Waals surface area contributed by atoms with Gasteiger partial charge in [0, 0.05) is 6.42 Å². The normalized spacial score (nSPS) is 11.2. The number of carbonyl (C=O) groups excluding carboxylic acids is 1. The predicted octanol–water partition coefficient (Wildman–Crippen LogP) is 6.59. The SMILES string of the molecule is CCCCCCC=CCCCCCCCC(=O)OCCCC. The van der Waals surface area contributed by atoms with E-state index >= 15 is 0 Å². The van der Waals surface area contributed by atoms with E-state index in [1.165, 1.54) is 57.8 Å². The molecule has 2 nitrogen and oxygen atoms in total. The van der Waals surface area contributed by atoms with Crippen molar-refractivity contribution in [1.29, 1.82) is 0 Å². The molecule has 0 amide bonds. The second kappa shape index (κ2) is 18.3. The van der Waals surface area contributed by atoms with Gasteiger partial charge in [-0.3, -0.25) is 4.79 Å². The van der Waals surface area contributed by atoms with E-state index in [0.29, 0.717) is 13.0 Å². The van der Waals surface area contributed by atoms with Gasteiger partial charge >= 0.3 is 5.97 Å². The van der Waals surface area contributed by atoms with Gasteiger partial charge in [0.1, 0.15) is 0 Å². The molecule has 0 bridgehead atoms. The van der Waals surface area contributed by atoms with Crippen molar-refractivity contribution in [2.75, 3.05) is 6.61 Å². The summed E-state index contributed by atoms with van der Waals surface area (Å²) in [4.78, 5) is 11.4. The molecule has 0 aromatic heterocycles. The fourth-order valence-electron chi connectivity index (χ4n) is 2.39. The van der Waals surface area contributed by atoms with Gasteiger partial charge in [-0.25, -0.2) is 0 Å². The van der Waals surface area contributed by atoms with Gasteiger partial charge in [0.15, 0.2) is 0 Å². The van der Waals surface area contributed by atoms with E-state index in [-0.39, 0.29) is 5.97 Å². The highest BCUT2D eigenvalue weighted by Crippen LogP contribution is 2.09. The maximum absolute atomic E-state index is 11.4. The number of allylic oxidation sites excluding steroid dienone is 2. The maximum Gasteiger partial charge on any atom is 0.305 e. The van der Waals surface area contributed by atoms with Gasteiger partial charge in [-0.15, -0.1) is 0 Å². The molecule has 0 saturated carbocycles. The van der Waals surface area contributed by atoms with Crippen molar-refractivity contribution in [3.63, 3.8) is 0 Å². The topological polar surface area (TPSA) is 26.3 Å². The van der Waals surface area contributed by atoms with Gasteiger partial charge < -0.3 is 4.74 Å². The molecule has 0 atom stereocenters. The zero-order valence-electron chi connectivity index (χ0n) is 15.1. The number of esters is 1. The average Bonchev–Trinajstić information content (AvgIpc) is 2.52. The van der Waals surface area contributed by atoms with Crippen molar-refractivity contribution < 1.29 is 9.53 Å². The number of hydrogen-bond donors (Lipinski definition) is 0. The number of rotatable bonds is 16. The Labute approximate surface area is 138 Å². The van der Waals surface area contributed by atoms with E-state index in [9.17, 15) is 4.79 Å². The fraction of sp³-hybridized carbons (Fsp3) is 0.850. The van der Waals surface area contributed by atoms with Gasteiger partial charge in [0.05, 0.1) is 6.61 Å². The van der Waals surface area contributed by atoms with Crippen LogP contribution in [0.25, 0.3) is 0 Å². The minimum absolute atomic E-state index is 0.0144. The van der Waals surface area contributed by atoms with Crippen LogP contribution in [0.3, 0.4) is 0 Å². The zero-order chi connectivity index (χ0) is 16.3. The molecule has 130 valence electrons. The van der Waals surface area contributed by atoms with E-state index in [2.05, 4.69) is 26.0 Å². The molecule has 0 rings (SSSR count). The molecule has 0 saturated heterocycles. The Morgan fingerprint density at radius 1 is 0.727 bits per heavy atom. The summed E-state index contributed by atoms with van der Waals surface area (Å²) in [6, 6.07) is 0. The van der Waals surface area contributed by atoms with E-state index < -0.39 is 0 Å². The van der Waals surface area contributed by atoms with Crippen LogP contribution < -0.4 is 0 Å². The van der Waals surface area contributed by atoms with Crippen LogP contribution in [0, 0.1) is 0 Å². The molecule has 0 N–H and O–H groups in total. The lowest BCUT2D eigenvalue weighted by Gasteiger charge is -2.03. The molecule has 0 aromatic rings. The Bertz CT molecular complexity index is 258. The first-order valence-corrected chi connectivity index (χ1v) is 9.61. The Morgan fingerprint density at radius 2 is 1.27 bits per heavy atom. The highest BCUT2D eigenvalue weighted by molar-refractivity contribution is 5.69. The standard InChI is InChI=1S/C20H38O2/c1-3-5-7-8-9-10-11-12-13-14-15-16-17-18-20(21)22-19-6-4-2/h10-11H,3-9,12-19H2,1-2H3. The molecule has 0 spiro atoms. The Morgan fingerprint density at radius 3 is 1.91 bits per heavy atom. The largest absolute Gasteiger partial charge is 0.466 e. The van der Waals surface area contributed by atoms with Crippen LogP contribution in [0.5, 0.6) is 0 Å². The molecule has 2 heteroatoms. The van der Waals surface area contributed by atoms with E-state index in [4.69, 9.17) is 4.74 Å². The molecule has 0 fully saturated rings. The summed E-state index contributed by atoms with van der Waals surface area (Å²) < 4.78 is 5.14. The molecular weight excluding hydrogens is 272 g/mol. The first kappa shape index (κ1) is 21.2. The number of ether oxygens (including phenoxy) is 1. The highest BCUT2D eigenvalue weighted by Gasteiger charge is 2.01. The van der Waals surface area contributed by atoms with Crippen LogP contribution in [-0.2, 0) is 9.53 Å². The van der Waals surface area contributed by atoms with Crippen LogP contribution in [0.15, 0.2) is 12.2 Å². The predicted molar refractivity (Wildman–Crippen MR) is 96.1 cm³/mol. The van der Waals surface area contributed by atoms with Crippen molar-refractivity contribution in [2.45, 2.75) is 104 Å².